The van der Waals surface area contributed by atoms with Crippen molar-refractivity contribution in [3.8, 4) is 34.0 Å². The second-order valence-corrected chi connectivity index (χ2v) is 16.5. The van der Waals surface area contributed by atoms with Crippen molar-refractivity contribution in [3.05, 3.63) is 119 Å². The number of carbonyl (C=O) groups excluding carboxylic acids is 1. The highest BCUT2D eigenvalue weighted by atomic mass is 32.1. The van der Waals surface area contributed by atoms with Gasteiger partial charge in [-0.05, 0) is 59.2 Å². The van der Waals surface area contributed by atoms with Gasteiger partial charge in [-0.3, -0.25) is 4.79 Å². The molecule has 2 aromatic heterocycles. The van der Waals surface area contributed by atoms with Gasteiger partial charge in [0.25, 0.3) is 0 Å². The van der Waals surface area contributed by atoms with Gasteiger partial charge in [0.05, 0.1) is 21.5 Å². The van der Waals surface area contributed by atoms with E-state index in [4.69, 9.17) is 19.9 Å². The summed E-state index contributed by atoms with van der Waals surface area (Å²) in [5, 5.41) is 26.4. The molecule has 2 N–H and O–H groups in total. The molecule has 256 valence electrons. The van der Waals surface area contributed by atoms with Crippen LogP contribution in [0.3, 0.4) is 0 Å². The normalized spacial score (nSPS) is 16.9. The molecule has 0 saturated heterocycles. The van der Waals surface area contributed by atoms with Crippen molar-refractivity contribution in [3.63, 3.8) is 0 Å². The van der Waals surface area contributed by atoms with E-state index in [-0.39, 0.29) is 28.3 Å². The van der Waals surface area contributed by atoms with Crippen molar-refractivity contribution in [1.29, 1.82) is 0 Å². The molecule has 2 heterocycles. The average molecular weight is 693 g/mol. The first-order chi connectivity index (χ1) is 24.4. The van der Waals surface area contributed by atoms with Gasteiger partial charge in [-0.25, -0.2) is 4.98 Å². The number of carbonyl (C=O) groups is 1. The van der Waals surface area contributed by atoms with Gasteiger partial charge in [0.1, 0.15) is 28.6 Å². The fourth-order valence-electron chi connectivity index (χ4n) is 8.00. The van der Waals surface area contributed by atoms with Crippen LogP contribution in [0.2, 0.25) is 0 Å². The lowest BCUT2D eigenvalue weighted by atomic mass is 9.72. The summed E-state index contributed by atoms with van der Waals surface area (Å²) in [6.07, 6.45) is 1.03. The SMILES string of the molecule is CC1C(Oc2ccc(C(C)(C)CC(C)(C)C)cc2)=c2c(-c3ccccc3O)nnc3c2=C(C(=O)c2ccccc2-3)C1Nc1nc2ccccc2s1. The quantitative estimate of drug-likeness (QED) is 0.173. The lowest BCUT2D eigenvalue weighted by Gasteiger charge is -2.35. The van der Waals surface area contributed by atoms with Crippen LogP contribution in [-0.2, 0) is 5.41 Å². The number of anilines is 1. The third kappa shape index (κ3) is 5.77. The molecule has 7 nitrogen and oxygen atoms in total. The number of Topliss-reactive ketones (excluding diaryl/α,β-unsaturated/α-hetero) is 1. The Hall–Kier alpha value is -5.34. The van der Waals surface area contributed by atoms with Gasteiger partial charge in [-0.15, -0.1) is 10.2 Å². The van der Waals surface area contributed by atoms with Gasteiger partial charge < -0.3 is 15.2 Å². The number of thiazole rings is 1. The van der Waals surface area contributed by atoms with Crippen LogP contribution in [0.15, 0.2) is 97.1 Å². The molecular weight excluding hydrogens is 653 g/mol. The molecule has 2 aliphatic rings. The number of fused-ring (bicyclic) bond motifs is 3. The summed E-state index contributed by atoms with van der Waals surface area (Å²) in [5.74, 6) is 0.943. The van der Waals surface area contributed by atoms with Crippen molar-refractivity contribution in [2.75, 3.05) is 5.32 Å². The minimum atomic E-state index is -0.501. The smallest absolute Gasteiger partial charge is 0.192 e. The molecule has 0 spiro atoms. The second kappa shape index (κ2) is 12.2. The zero-order chi connectivity index (χ0) is 35.7. The predicted octanol–water partition coefficient (Wildman–Crippen LogP) is 8.50. The highest BCUT2D eigenvalue weighted by Crippen LogP contribution is 2.40. The third-order valence-electron chi connectivity index (χ3n) is 9.95. The van der Waals surface area contributed by atoms with Gasteiger partial charge in [0.15, 0.2) is 10.9 Å². The Balaban J connectivity index is 1.37. The number of ether oxygens (including phenoxy) is 1. The van der Waals surface area contributed by atoms with Crippen LogP contribution in [-0.4, -0.2) is 32.1 Å². The lowest BCUT2D eigenvalue weighted by Crippen LogP contribution is -2.51. The van der Waals surface area contributed by atoms with Crippen molar-refractivity contribution in [2.24, 2.45) is 11.3 Å². The maximum atomic E-state index is 14.7. The molecule has 0 amide bonds. The maximum absolute atomic E-state index is 14.7. The first kappa shape index (κ1) is 32.8. The molecule has 0 radical (unpaired) electrons. The van der Waals surface area contributed by atoms with Crippen LogP contribution in [0.1, 0.15) is 63.9 Å². The summed E-state index contributed by atoms with van der Waals surface area (Å²) in [6.45, 7) is 13.4. The van der Waals surface area contributed by atoms with Crippen molar-refractivity contribution < 1.29 is 14.6 Å². The summed E-state index contributed by atoms with van der Waals surface area (Å²) in [5.41, 5.74) is 5.74. The topological polar surface area (TPSA) is 97.2 Å². The Kier molecular flexibility index (Phi) is 7.83. The maximum Gasteiger partial charge on any atom is 0.192 e. The molecule has 8 rings (SSSR count). The molecular formula is C43H40N4O3S. The third-order valence-corrected chi connectivity index (χ3v) is 10.9. The van der Waals surface area contributed by atoms with Crippen LogP contribution in [0.25, 0.3) is 44.1 Å². The van der Waals surface area contributed by atoms with Crippen LogP contribution < -0.4 is 20.5 Å². The van der Waals surface area contributed by atoms with Crippen molar-refractivity contribution in [1.82, 2.24) is 15.2 Å². The van der Waals surface area contributed by atoms with E-state index in [0.717, 1.165) is 22.2 Å². The number of benzene rings is 4. The van der Waals surface area contributed by atoms with E-state index in [2.05, 4.69) is 59.0 Å². The number of para-hydroxylation sites is 2. The number of phenolic OH excluding ortho intramolecular Hbond substituents is 1. The summed E-state index contributed by atoms with van der Waals surface area (Å²) >= 11 is 1.55. The second-order valence-electron chi connectivity index (χ2n) is 15.5. The zero-order valence-corrected chi connectivity index (χ0v) is 30.4. The molecule has 2 unspecified atom stereocenters. The first-order valence-corrected chi connectivity index (χ1v) is 18.2. The van der Waals surface area contributed by atoms with E-state index in [0.29, 0.717) is 55.2 Å². The highest BCUT2D eigenvalue weighted by Gasteiger charge is 2.41. The highest BCUT2D eigenvalue weighted by molar-refractivity contribution is 7.22. The number of aromatic nitrogens is 3. The van der Waals surface area contributed by atoms with Crippen molar-refractivity contribution in [2.45, 2.75) is 59.4 Å². The Morgan fingerprint density at radius 3 is 2.10 bits per heavy atom. The Bertz CT molecular complexity index is 2440. The van der Waals surface area contributed by atoms with E-state index in [1.807, 2.05) is 72.8 Å². The molecule has 2 atom stereocenters. The first-order valence-electron chi connectivity index (χ1n) is 17.4. The number of phenols is 1. The molecule has 0 saturated carbocycles. The van der Waals surface area contributed by atoms with E-state index < -0.39 is 6.04 Å². The number of aromatic hydroxyl groups is 1. The zero-order valence-electron chi connectivity index (χ0n) is 29.6. The van der Waals surface area contributed by atoms with Crippen LogP contribution in [0.5, 0.6) is 11.5 Å². The molecule has 0 bridgehead atoms. The number of nitrogens with zero attached hydrogens (tertiary/aromatic N) is 3. The Morgan fingerprint density at radius 2 is 1.41 bits per heavy atom. The lowest BCUT2D eigenvalue weighted by molar-refractivity contribution is 0.104. The Labute approximate surface area is 301 Å². The van der Waals surface area contributed by atoms with Crippen LogP contribution >= 0.6 is 11.3 Å². The van der Waals surface area contributed by atoms with Gasteiger partial charge in [0, 0.05) is 33.4 Å². The molecule has 4 aromatic carbocycles. The van der Waals surface area contributed by atoms with Crippen LogP contribution in [0, 0.1) is 11.3 Å². The summed E-state index contributed by atoms with van der Waals surface area (Å²) in [7, 11) is 0. The monoisotopic (exact) mass is 692 g/mol. The molecule has 0 fully saturated rings. The largest absolute Gasteiger partial charge is 0.507 e. The van der Waals surface area contributed by atoms with E-state index >= 15 is 0 Å². The molecule has 2 aliphatic carbocycles. The number of rotatable bonds is 7. The fourth-order valence-corrected chi connectivity index (χ4v) is 8.90. The van der Waals surface area contributed by atoms with Gasteiger partial charge in [-0.2, -0.15) is 0 Å². The molecule has 8 heteroatoms. The van der Waals surface area contributed by atoms with E-state index in [1.54, 1.807) is 23.5 Å². The summed E-state index contributed by atoms with van der Waals surface area (Å²) in [4.78, 5) is 19.6. The predicted molar refractivity (Wildman–Crippen MR) is 205 cm³/mol. The van der Waals surface area contributed by atoms with Gasteiger partial charge in [-0.1, -0.05) is 114 Å². The minimum Gasteiger partial charge on any atom is -0.507 e. The van der Waals surface area contributed by atoms with Gasteiger partial charge in [0.2, 0.25) is 0 Å². The number of hydrogen-bond acceptors (Lipinski definition) is 8. The van der Waals surface area contributed by atoms with Gasteiger partial charge >= 0.3 is 0 Å². The molecule has 6 aromatic rings. The average Bonchev–Trinajstić information content (AvgIpc) is 3.51. The van der Waals surface area contributed by atoms with E-state index in [1.165, 1.54) is 5.56 Å². The van der Waals surface area contributed by atoms with Crippen LogP contribution in [0.4, 0.5) is 5.13 Å². The summed E-state index contributed by atoms with van der Waals surface area (Å²) < 4.78 is 8.03. The Morgan fingerprint density at radius 1 is 0.784 bits per heavy atom. The fraction of sp³-hybridized carbons (Fsp3) is 0.256. The van der Waals surface area contributed by atoms with Crippen molar-refractivity contribution >= 4 is 43.8 Å². The van der Waals surface area contributed by atoms with E-state index in [9.17, 15) is 9.90 Å². The number of nitrogens with one attached hydrogen (secondary N) is 1. The summed E-state index contributed by atoms with van der Waals surface area (Å²) in [6, 6.07) is 30.5. The minimum absolute atomic E-state index is 0.0297. The standard InChI is InChI=1S/C43H40N4O3S/c1-24-36(45-41-44-30-16-10-12-18-32(30)51-41)34-33-35(40(24)50-26-21-19-25(20-22-26)43(5,6)23-42(2,3)4)38(29-15-9-11-17-31(29)48)47-46-37(33)27-13-7-8-14-28(27)39(34)49/h7-22,24,36,48H,23H2,1-6H3,(H,44,45). The molecule has 51 heavy (non-hydrogen) atoms. The number of hydrogen-bond donors (Lipinski definition) is 2. The molecule has 0 aliphatic heterocycles. The number of ketones is 1.